The molecule has 5 aromatic carbocycles. The Balaban J connectivity index is 0.000000152. The highest BCUT2D eigenvalue weighted by Gasteiger charge is 2.32. The number of anilines is 4. The number of fused-ring (bicyclic) bond motifs is 4. The van der Waals surface area contributed by atoms with Crippen LogP contribution >= 0.6 is 11.3 Å². The number of likely N-dealkylation sites (tertiary alicyclic amines) is 3. The van der Waals surface area contributed by atoms with Crippen molar-refractivity contribution in [2.45, 2.75) is 123 Å². The average molecular weight is 1340 g/mol. The predicted molar refractivity (Wildman–Crippen MR) is 375 cm³/mol. The van der Waals surface area contributed by atoms with E-state index in [2.05, 4.69) is 24.8 Å². The number of hydrogen-bond acceptors (Lipinski definition) is 16. The number of hydrogen-bond donors (Lipinski definition) is 2. The van der Waals surface area contributed by atoms with Crippen molar-refractivity contribution < 1.29 is 62.5 Å². The molecule has 7 aliphatic rings. The number of methoxy groups -OCH3 is 2. The standard InChI is InChI=1S/C32H37N3O4S.C17H22N2O3.C16H20N2O3.C11H10O3/c1-32(2,3)39-31(38)33-26-11-9-23(29-8-7-17-40-29)19-24(26)20-28(36)22-10-12-27-25(18-22)21-30(37)35(27)16-15-34-13-5-4-6-14-34;1-22-17(21)13-5-6-15-14(11-13)12-16(20)19(15)10-9-18-7-3-2-4-8-18;19-15-11-13-10-12(16(20)21)4-5-14(13)18(15)9-8-17-6-2-1-3-7-17;1-14-11(13)8-3-2-7-5-10(12)6-9(7)4-8/h7-12,17-19H,4-6,13-16,20-21H2,1-3H3,(H,33,38);5-6,11H,2-4,7-10,12H2,1H3;4-5,10H,1-3,6-9,11H2,(H,20,21);2-4H,5-6H2,1H3. The summed E-state index contributed by atoms with van der Waals surface area (Å²) in [6, 6.07) is 30.9. The molecule has 2 N–H and O–H groups in total. The lowest BCUT2D eigenvalue weighted by Crippen LogP contribution is -2.39. The van der Waals surface area contributed by atoms with Gasteiger partial charge >= 0.3 is 24.0 Å². The van der Waals surface area contributed by atoms with Crippen LogP contribution in [-0.4, -0.2) is 171 Å². The van der Waals surface area contributed by atoms with Crippen LogP contribution in [0.2, 0.25) is 0 Å². The third kappa shape index (κ3) is 18.8. The van der Waals surface area contributed by atoms with Crippen molar-refractivity contribution in [3.8, 4) is 10.4 Å². The molecule has 0 spiro atoms. The van der Waals surface area contributed by atoms with Crippen LogP contribution in [0, 0.1) is 0 Å². The lowest BCUT2D eigenvalue weighted by atomic mass is 9.97. The van der Waals surface area contributed by atoms with Crippen molar-refractivity contribution in [2.75, 3.05) is 113 Å². The highest BCUT2D eigenvalue weighted by atomic mass is 32.1. The van der Waals surface area contributed by atoms with Crippen LogP contribution in [0.15, 0.2) is 109 Å². The summed E-state index contributed by atoms with van der Waals surface area (Å²) in [5, 5.41) is 13.9. The van der Waals surface area contributed by atoms with E-state index in [1.807, 2.05) is 96.6 Å². The number of ketones is 2. The van der Waals surface area contributed by atoms with Crippen LogP contribution < -0.4 is 20.0 Å². The molecule has 3 fully saturated rings. The number of carbonyl (C=O) groups is 9. The number of carboxylic acids is 1. The van der Waals surface area contributed by atoms with Crippen molar-refractivity contribution in [1.82, 2.24) is 14.7 Å². The molecule has 3 saturated heterocycles. The van der Waals surface area contributed by atoms with Gasteiger partial charge in [0.05, 0.1) is 50.2 Å². The van der Waals surface area contributed by atoms with Crippen LogP contribution in [0.4, 0.5) is 27.5 Å². The van der Waals surface area contributed by atoms with E-state index in [4.69, 9.17) is 14.6 Å². The molecular weight excluding hydrogens is 1250 g/mol. The highest BCUT2D eigenvalue weighted by molar-refractivity contribution is 7.13. The zero-order valence-corrected chi connectivity index (χ0v) is 57.2. The van der Waals surface area contributed by atoms with Crippen LogP contribution in [-0.2, 0) is 71.9 Å². The number of Topliss-reactive ketones (excluding diaryl/α,β-unsaturated/α-hetero) is 2. The fourth-order valence-corrected chi connectivity index (χ4v) is 14.3. The third-order valence-electron chi connectivity index (χ3n) is 18.6. The molecule has 0 radical (unpaired) electrons. The largest absolute Gasteiger partial charge is 0.478 e. The molecule has 1 aliphatic carbocycles. The smallest absolute Gasteiger partial charge is 0.412 e. The van der Waals surface area contributed by atoms with E-state index in [-0.39, 0.29) is 53.2 Å². The van der Waals surface area contributed by atoms with Gasteiger partial charge in [0.25, 0.3) is 0 Å². The zero-order valence-electron chi connectivity index (χ0n) is 56.4. The number of ether oxygens (including phenoxy) is 3. The van der Waals surface area contributed by atoms with E-state index >= 15 is 0 Å². The molecule has 0 bridgehead atoms. The van der Waals surface area contributed by atoms with Gasteiger partial charge < -0.3 is 48.7 Å². The summed E-state index contributed by atoms with van der Waals surface area (Å²) < 4.78 is 14.8. The zero-order chi connectivity index (χ0) is 68.8. The molecule has 512 valence electrons. The summed E-state index contributed by atoms with van der Waals surface area (Å²) in [5.41, 5.74) is 10.8. The number of nitrogens with one attached hydrogen (secondary N) is 1. The van der Waals surface area contributed by atoms with Gasteiger partial charge in [0.1, 0.15) is 11.4 Å². The van der Waals surface area contributed by atoms with Crippen LogP contribution in [0.25, 0.3) is 10.4 Å². The third-order valence-corrected chi connectivity index (χ3v) is 19.5. The maximum absolute atomic E-state index is 13.5. The Labute approximate surface area is 571 Å². The normalized spacial score (nSPS) is 16.7. The second-order valence-corrected chi connectivity index (χ2v) is 27.6. The summed E-state index contributed by atoms with van der Waals surface area (Å²) >= 11 is 1.62. The Morgan fingerprint density at radius 2 is 0.918 bits per heavy atom. The highest BCUT2D eigenvalue weighted by Crippen LogP contribution is 2.35. The Hall–Kier alpha value is -8.89. The van der Waals surface area contributed by atoms with Gasteiger partial charge in [0.15, 0.2) is 5.78 Å². The van der Waals surface area contributed by atoms with Crippen molar-refractivity contribution in [1.29, 1.82) is 0 Å². The second kappa shape index (κ2) is 32.9. The van der Waals surface area contributed by atoms with E-state index in [0.717, 1.165) is 121 Å². The molecule has 13 rings (SSSR count). The van der Waals surface area contributed by atoms with Crippen LogP contribution in [0.5, 0.6) is 0 Å². The lowest BCUT2D eigenvalue weighted by molar-refractivity contribution is -0.118. The minimum atomic E-state index is -0.947. The number of thiophene rings is 1. The van der Waals surface area contributed by atoms with Gasteiger partial charge in [-0.1, -0.05) is 37.5 Å². The quantitative estimate of drug-likeness (QED) is 0.0491. The second-order valence-electron chi connectivity index (χ2n) is 26.6. The Morgan fingerprint density at radius 1 is 0.485 bits per heavy atom. The Bertz CT molecular complexity index is 3880. The Morgan fingerprint density at radius 3 is 1.37 bits per heavy atom. The number of nitrogens with zero attached hydrogens (tertiary/aromatic N) is 6. The number of benzene rings is 5. The van der Waals surface area contributed by atoms with Gasteiger partial charge in [0.2, 0.25) is 17.7 Å². The molecule has 21 heteroatoms. The predicted octanol–water partition coefficient (Wildman–Crippen LogP) is 11.3. The first kappa shape index (κ1) is 70.9. The van der Waals surface area contributed by atoms with Gasteiger partial charge in [-0.05, 0) is 228 Å². The van der Waals surface area contributed by atoms with Gasteiger partial charge in [-0.2, -0.15) is 0 Å². The molecule has 0 unspecified atom stereocenters. The first-order valence-corrected chi connectivity index (χ1v) is 34.8. The van der Waals surface area contributed by atoms with Gasteiger partial charge in [0, 0.05) is 91.7 Å². The molecule has 20 nitrogen and oxygen atoms in total. The molecule has 1 aromatic heterocycles. The molecule has 6 aliphatic heterocycles. The lowest BCUT2D eigenvalue weighted by Gasteiger charge is -2.28. The number of carbonyl (C=O) groups excluding carboxylic acids is 8. The van der Waals surface area contributed by atoms with Crippen LogP contribution in [0.1, 0.15) is 153 Å². The topological polar surface area (TPSA) is 233 Å². The minimum absolute atomic E-state index is 0.0717. The summed E-state index contributed by atoms with van der Waals surface area (Å²) in [4.78, 5) is 122. The van der Waals surface area contributed by atoms with E-state index < -0.39 is 17.7 Å². The first-order chi connectivity index (χ1) is 46.7. The maximum atomic E-state index is 13.5. The van der Waals surface area contributed by atoms with Gasteiger partial charge in [-0.3, -0.25) is 29.3 Å². The fraction of sp³-hybridized carbons (Fsp3) is 0.434. The number of rotatable bonds is 17. The molecule has 7 heterocycles. The Kier molecular flexibility index (Phi) is 24.0. The van der Waals surface area contributed by atoms with Crippen LogP contribution in [0.3, 0.4) is 0 Å². The summed E-state index contributed by atoms with van der Waals surface area (Å²) in [6.07, 6.45) is 12.8. The van der Waals surface area contributed by atoms with E-state index in [0.29, 0.717) is 73.1 Å². The number of aromatic carboxylic acids is 1. The number of amides is 4. The summed E-state index contributed by atoms with van der Waals surface area (Å²) in [7, 11) is 2.71. The summed E-state index contributed by atoms with van der Waals surface area (Å²) in [5.74, 6) is -1.24. The minimum Gasteiger partial charge on any atom is -0.478 e. The monoisotopic (exact) mass is 1340 g/mol. The van der Waals surface area contributed by atoms with Gasteiger partial charge in [-0.15, -0.1) is 11.3 Å². The number of carboxylic acid groups (broad SMARTS) is 1. The van der Waals surface area contributed by atoms with Crippen molar-refractivity contribution in [3.63, 3.8) is 0 Å². The van der Waals surface area contributed by atoms with Crippen molar-refractivity contribution in [3.05, 3.63) is 164 Å². The van der Waals surface area contributed by atoms with E-state index in [1.165, 1.54) is 72.0 Å². The molecule has 6 aromatic rings. The number of piperidine rings is 3. The van der Waals surface area contributed by atoms with E-state index in [1.54, 1.807) is 58.7 Å². The molecule has 0 saturated carbocycles. The molecule has 0 atom stereocenters. The molecule has 4 amide bonds. The van der Waals surface area contributed by atoms with E-state index in [9.17, 15) is 43.2 Å². The van der Waals surface area contributed by atoms with Crippen molar-refractivity contribution >= 4 is 87.4 Å². The summed E-state index contributed by atoms with van der Waals surface area (Å²) in [6.45, 7) is 16.9. The number of esters is 2. The van der Waals surface area contributed by atoms with Gasteiger partial charge in [-0.25, -0.2) is 19.2 Å². The SMILES string of the molecule is CC(C)(C)OC(=O)Nc1ccc(-c2cccs2)cc1CC(=O)c1ccc2c(c1)CC(=O)N2CCN1CCCCC1.COC(=O)c1ccc2c(c1)CC(=O)C2.COC(=O)c1ccc2c(c1)CC(=O)N2CCN1CCCCC1.O=C(O)c1ccc2c(c1)CC(=O)N2CCN1CCCCC1. The average Bonchev–Trinajstić information content (AvgIpc) is 1.70. The maximum Gasteiger partial charge on any atom is 0.412 e. The molecular formula is C76H89N7O13S. The first-order valence-electron chi connectivity index (χ1n) is 33.9. The van der Waals surface area contributed by atoms with Crippen molar-refractivity contribution in [2.24, 2.45) is 0 Å². The fourth-order valence-electron chi connectivity index (χ4n) is 13.6. The molecule has 97 heavy (non-hydrogen) atoms.